The number of rotatable bonds is 17. The Morgan fingerprint density at radius 2 is 1.31 bits per heavy atom. The van der Waals surface area contributed by atoms with E-state index in [2.05, 4.69) is 20.9 Å². The number of hydrogen-bond donors (Lipinski definition) is 10. The molecule has 0 spiro atoms. The summed E-state index contributed by atoms with van der Waals surface area (Å²) in [5, 5.41) is 25.0. The maximum Gasteiger partial charge on any atom is 0.326 e. The first-order valence-corrected chi connectivity index (χ1v) is 10.4. The fraction of sp³-hybridized carbons (Fsp3) is 0.611. The van der Waals surface area contributed by atoms with Crippen LogP contribution in [0.2, 0.25) is 0 Å². The van der Waals surface area contributed by atoms with Gasteiger partial charge in [-0.15, -0.1) is 0 Å². The van der Waals surface area contributed by atoms with E-state index in [1.165, 1.54) is 0 Å². The quantitative estimate of drug-likeness (QED) is 0.0505. The van der Waals surface area contributed by atoms with Crippen molar-refractivity contribution in [2.75, 3.05) is 13.2 Å². The summed E-state index contributed by atoms with van der Waals surface area (Å²) < 4.78 is 0. The molecule has 0 aromatic rings. The average molecular weight is 504 g/mol. The van der Waals surface area contributed by atoms with Crippen molar-refractivity contribution in [1.82, 2.24) is 16.0 Å². The van der Waals surface area contributed by atoms with Gasteiger partial charge >= 0.3 is 5.97 Å². The highest BCUT2D eigenvalue weighted by atomic mass is 16.4. The summed E-state index contributed by atoms with van der Waals surface area (Å²) >= 11 is 0. The molecule has 5 amide bonds. The van der Waals surface area contributed by atoms with Crippen LogP contribution < -0.4 is 44.6 Å². The molecule has 4 atom stereocenters. The van der Waals surface area contributed by atoms with Gasteiger partial charge in [-0.25, -0.2) is 4.79 Å². The van der Waals surface area contributed by atoms with Crippen molar-refractivity contribution >= 4 is 41.5 Å². The number of guanidine groups is 1. The van der Waals surface area contributed by atoms with Crippen molar-refractivity contribution in [3.8, 4) is 0 Å². The van der Waals surface area contributed by atoms with Crippen molar-refractivity contribution in [1.29, 1.82) is 0 Å². The van der Waals surface area contributed by atoms with E-state index in [0.29, 0.717) is 6.42 Å². The number of nitrogens with two attached hydrogens (primary N) is 5. The zero-order valence-electron chi connectivity index (χ0n) is 18.9. The molecular formula is C18H33N9O8. The Hall–Kier alpha value is -3.99. The van der Waals surface area contributed by atoms with Gasteiger partial charge < -0.3 is 54.8 Å². The van der Waals surface area contributed by atoms with Crippen LogP contribution in [0.3, 0.4) is 0 Å². The van der Waals surface area contributed by atoms with Crippen molar-refractivity contribution in [2.24, 2.45) is 33.7 Å². The van der Waals surface area contributed by atoms with Crippen LogP contribution in [0.4, 0.5) is 0 Å². The number of amides is 5. The number of aliphatic imine (C=N–C) groups is 1. The molecule has 35 heavy (non-hydrogen) atoms. The molecule has 4 unspecified atom stereocenters. The highest BCUT2D eigenvalue weighted by molar-refractivity contribution is 5.96. The van der Waals surface area contributed by atoms with Gasteiger partial charge in [-0.2, -0.15) is 0 Å². The smallest absolute Gasteiger partial charge is 0.326 e. The second-order valence-corrected chi connectivity index (χ2v) is 7.44. The van der Waals surface area contributed by atoms with E-state index in [1.807, 2.05) is 0 Å². The number of nitrogens with zero attached hydrogens (tertiary/aromatic N) is 1. The maximum atomic E-state index is 12.6. The Morgan fingerprint density at radius 3 is 1.80 bits per heavy atom. The number of carbonyl (C=O) groups is 6. The van der Waals surface area contributed by atoms with Crippen LogP contribution in [-0.4, -0.2) is 89.0 Å². The zero-order chi connectivity index (χ0) is 27.1. The third-order valence-electron chi connectivity index (χ3n) is 4.45. The lowest BCUT2D eigenvalue weighted by Gasteiger charge is -2.23. The molecule has 0 aromatic carbocycles. The summed E-state index contributed by atoms with van der Waals surface area (Å²) in [6.45, 7) is -0.750. The van der Waals surface area contributed by atoms with E-state index in [9.17, 15) is 33.9 Å². The molecule has 0 bridgehead atoms. The monoisotopic (exact) mass is 503 g/mol. The summed E-state index contributed by atoms with van der Waals surface area (Å²) in [5.74, 6) is -6.34. The number of primary amides is 2. The number of hydrogen-bond acceptors (Lipinski definition) is 9. The lowest BCUT2D eigenvalue weighted by molar-refractivity contribution is -0.143. The molecule has 0 saturated carbocycles. The standard InChI is InChI=1S/C18H33N9O8/c19-8(2-1-5-24-18(22)23)14(31)26-10(6-13(21)30)15(32)27-11(7-28)16(33)25-9(17(34)35)3-4-12(20)29/h8-11,28H,1-7,19H2,(H2,20,29)(H2,21,30)(H,25,33)(H,26,31)(H,27,32)(H,34,35)(H4,22,23,24). The van der Waals surface area contributed by atoms with Crippen LogP contribution in [0.15, 0.2) is 4.99 Å². The molecule has 198 valence electrons. The number of carbonyl (C=O) groups excluding carboxylic acids is 5. The van der Waals surface area contributed by atoms with E-state index in [0.717, 1.165) is 0 Å². The Balaban J connectivity index is 5.18. The molecule has 0 radical (unpaired) electrons. The van der Waals surface area contributed by atoms with Gasteiger partial charge in [0.2, 0.25) is 29.5 Å². The first kappa shape index (κ1) is 31.0. The number of aliphatic carboxylic acids is 1. The van der Waals surface area contributed by atoms with E-state index in [-0.39, 0.29) is 31.8 Å². The Bertz CT molecular complexity index is 816. The molecule has 0 saturated heterocycles. The number of carboxylic acids is 1. The highest BCUT2D eigenvalue weighted by Gasteiger charge is 2.30. The normalized spacial score (nSPS) is 13.9. The second-order valence-electron chi connectivity index (χ2n) is 7.44. The average Bonchev–Trinajstić information content (AvgIpc) is 2.75. The van der Waals surface area contributed by atoms with Crippen LogP contribution in [0.1, 0.15) is 32.1 Å². The SMILES string of the molecule is NC(=O)CCC(NC(=O)C(CO)NC(=O)C(CC(N)=O)NC(=O)C(N)CCCN=C(N)N)C(=O)O. The number of aliphatic hydroxyl groups excluding tert-OH is 1. The van der Waals surface area contributed by atoms with E-state index < -0.39 is 72.7 Å². The van der Waals surface area contributed by atoms with E-state index in [4.69, 9.17) is 33.8 Å². The van der Waals surface area contributed by atoms with Crippen LogP contribution >= 0.6 is 0 Å². The van der Waals surface area contributed by atoms with Gasteiger partial charge in [-0.05, 0) is 19.3 Å². The fourth-order valence-corrected chi connectivity index (χ4v) is 2.62. The first-order chi connectivity index (χ1) is 16.3. The van der Waals surface area contributed by atoms with Crippen molar-refractivity contribution < 1.29 is 39.0 Å². The van der Waals surface area contributed by atoms with Gasteiger partial charge in [0.05, 0.1) is 19.1 Å². The molecule has 0 rings (SSSR count). The Labute approximate surface area is 200 Å². The summed E-state index contributed by atoms with van der Waals surface area (Å²) in [4.78, 5) is 74.5. The summed E-state index contributed by atoms with van der Waals surface area (Å²) in [6.07, 6.45) is -0.853. The minimum absolute atomic E-state index is 0.133. The lowest BCUT2D eigenvalue weighted by Crippen LogP contribution is -2.58. The van der Waals surface area contributed by atoms with E-state index >= 15 is 0 Å². The molecule has 17 heteroatoms. The van der Waals surface area contributed by atoms with Crippen LogP contribution in [-0.2, 0) is 28.8 Å². The van der Waals surface area contributed by atoms with Gasteiger partial charge in [-0.3, -0.25) is 29.0 Å². The molecule has 0 heterocycles. The van der Waals surface area contributed by atoms with Crippen molar-refractivity contribution in [3.63, 3.8) is 0 Å². The van der Waals surface area contributed by atoms with E-state index in [1.54, 1.807) is 0 Å². The molecule has 0 aromatic heterocycles. The van der Waals surface area contributed by atoms with Gasteiger partial charge in [0.15, 0.2) is 5.96 Å². The van der Waals surface area contributed by atoms with Crippen LogP contribution in [0.5, 0.6) is 0 Å². The predicted octanol–water partition coefficient (Wildman–Crippen LogP) is -5.96. The molecule has 15 N–H and O–H groups in total. The van der Waals surface area contributed by atoms with Gasteiger partial charge in [0.1, 0.15) is 18.1 Å². The lowest BCUT2D eigenvalue weighted by atomic mass is 10.1. The van der Waals surface area contributed by atoms with Crippen LogP contribution in [0, 0.1) is 0 Å². The maximum absolute atomic E-state index is 12.6. The topological polar surface area (TPSA) is 321 Å². The second kappa shape index (κ2) is 15.8. The Morgan fingerprint density at radius 1 is 0.771 bits per heavy atom. The number of aliphatic hydroxyl groups is 1. The summed E-state index contributed by atoms with van der Waals surface area (Å²) in [6, 6.07) is -5.82. The molecule has 0 aliphatic carbocycles. The van der Waals surface area contributed by atoms with Crippen molar-refractivity contribution in [2.45, 2.75) is 56.3 Å². The fourth-order valence-electron chi connectivity index (χ4n) is 2.62. The van der Waals surface area contributed by atoms with Gasteiger partial charge in [-0.1, -0.05) is 0 Å². The van der Waals surface area contributed by atoms with Gasteiger partial charge in [0, 0.05) is 13.0 Å². The number of nitrogens with one attached hydrogen (secondary N) is 3. The molecule has 0 aliphatic heterocycles. The molecule has 0 aliphatic rings. The number of carboxylic acid groups (broad SMARTS) is 1. The van der Waals surface area contributed by atoms with Crippen molar-refractivity contribution in [3.05, 3.63) is 0 Å². The van der Waals surface area contributed by atoms with Crippen LogP contribution in [0.25, 0.3) is 0 Å². The molecule has 0 fully saturated rings. The minimum Gasteiger partial charge on any atom is -0.480 e. The third kappa shape index (κ3) is 13.3. The minimum atomic E-state index is -1.65. The Kier molecular flexibility index (Phi) is 14.0. The zero-order valence-corrected chi connectivity index (χ0v) is 18.9. The summed E-state index contributed by atoms with van der Waals surface area (Å²) in [5.41, 5.74) is 26.2. The third-order valence-corrected chi connectivity index (χ3v) is 4.45. The van der Waals surface area contributed by atoms with Gasteiger partial charge in [0.25, 0.3) is 0 Å². The molecule has 17 nitrogen and oxygen atoms in total. The highest BCUT2D eigenvalue weighted by Crippen LogP contribution is 2.01. The summed E-state index contributed by atoms with van der Waals surface area (Å²) in [7, 11) is 0. The molecular weight excluding hydrogens is 470 g/mol. The first-order valence-electron chi connectivity index (χ1n) is 10.4. The largest absolute Gasteiger partial charge is 0.480 e. The predicted molar refractivity (Wildman–Crippen MR) is 121 cm³/mol.